The van der Waals surface area contributed by atoms with Crippen LogP contribution in [-0.4, -0.2) is 0 Å². The van der Waals surface area contributed by atoms with Gasteiger partial charge in [0.2, 0.25) is 0 Å². The Morgan fingerprint density at radius 1 is 0.458 bits per heavy atom. The third-order valence-electron chi connectivity index (χ3n) is 12.2. The van der Waals surface area contributed by atoms with Crippen molar-refractivity contribution in [2.45, 2.75) is 112 Å². The van der Waals surface area contributed by atoms with E-state index in [4.69, 9.17) is 8.83 Å². The van der Waals surface area contributed by atoms with Crippen molar-refractivity contribution in [3.8, 4) is 22.3 Å². The fourth-order valence-corrected chi connectivity index (χ4v) is 13.9. The molecule has 0 spiro atoms. The van der Waals surface area contributed by atoms with Gasteiger partial charge < -0.3 is 24.8 Å². The summed E-state index contributed by atoms with van der Waals surface area (Å²) in [5.41, 5.74) is 16.5. The van der Waals surface area contributed by atoms with Gasteiger partial charge in [-0.1, -0.05) is 26.7 Å². The third kappa shape index (κ3) is 9.96. The topological polar surface area (TPSA) is 26.3 Å². The zero-order chi connectivity index (χ0) is 39.1. The summed E-state index contributed by atoms with van der Waals surface area (Å²) in [4.78, 5) is 0. The van der Waals surface area contributed by atoms with Crippen molar-refractivity contribution in [1.29, 1.82) is 0 Å². The van der Waals surface area contributed by atoms with Crippen molar-refractivity contribution in [3.63, 3.8) is 0 Å². The Hall–Kier alpha value is -3.62. The van der Waals surface area contributed by atoms with E-state index in [2.05, 4.69) is 149 Å². The van der Waals surface area contributed by atoms with Crippen LogP contribution < -0.4 is 24.8 Å². The second-order valence-electron chi connectivity index (χ2n) is 16.1. The van der Waals surface area contributed by atoms with E-state index in [9.17, 15) is 0 Å². The van der Waals surface area contributed by atoms with Gasteiger partial charge >= 0.3 is 329 Å². The van der Waals surface area contributed by atoms with Crippen LogP contribution in [0.3, 0.4) is 0 Å². The number of furan rings is 2. The van der Waals surface area contributed by atoms with E-state index in [1.165, 1.54) is 118 Å². The third-order valence-corrected chi connectivity index (χ3v) is 16.9. The molecule has 8 rings (SSSR count). The molecule has 0 radical (unpaired) electrons. The van der Waals surface area contributed by atoms with Crippen molar-refractivity contribution < 1.29 is 56.9 Å². The van der Waals surface area contributed by atoms with Crippen LogP contribution in [0.2, 0.25) is 0 Å². The largest absolute Gasteiger partial charge is 1.00 e. The first-order valence-corrected chi connectivity index (χ1v) is 24.7. The number of hydrogen-bond acceptors (Lipinski definition) is 2. The zero-order valence-corrected chi connectivity index (χ0v) is 39.2. The average Bonchev–Trinajstić information content (AvgIpc) is 4.07. The first-order valence-electron chi connectivity index (χ1n) is 21.9. The molecule has 304 valence electrons. The molecule has 0 bridgehead atoms. The van der Waals surface area contributed by atoms with Crippen LogP contribution in [0.1, 0.15) is 143 Å². The number of allylic oxidation sites excluding steroid dienone is 2. The molecule has 4 aromatic carbocycles. The first-order chi connectivity index (χ1) is 28.1. The van der Waals surface area contributed by atoms with Crippen LogP contribution in [0.25, 0.3) is 45.6 Å². The number of hydrogen-bond donors (Lipinski definition) is 0. The number of fused-ring (bicyclic) bond motifs is 2. The summed E-state index contributed by atoms with van der Waals surface area (Å²) < 4.78 is 13.9. The number of benzene rings is 4. The van der Waals surface area contributed by atoms with Gasteiger partial charge in [-0.05, 0) is 0 Å². The summed E-state index contributed by atoms with van der Waals surface area (Å²) in [5, 5.41) is 0. The average molecular weight is 901 g/mol. The van der Waals surface area contributed by atoms with E-state index in [0.29, 0.717) is 7.25 Å². The molecule has 2 aliphatic rings. The summed E-state index contributed by atoms with van der Waals surface area (Å²) in [6.07, 6.45) is 19.4. The second-order valence-corrected chi connectivity index (χ2v) is 19.8. The summed E-state index contributed by atoms with van der Waals surface area (Å²) in [7, 11) is 0. The fourth-order valence-electron chi connectivity index (χ4n) is 8.92. The number of unbranched alkanes of at least 4 members (excludes halogenated alkanes) is 6. The molecule has 0 fully saturated rings. The molecule has 2 heterocycles. The Balaban J connectivity index is 0.00000293. The summed E-state index contributed by atoms with van der Waals surface area (Å²) >= 11 is -1.33. The molecule has 2 nitrogen and oxygen atoms in total. The maximum atomic E-state index is 6.61. The summed E-state index contributed by atoms with van der Waals surface area (Å²) in [6.45, 7) is 8.92. The molecule has 59 heavy (non-hydrogen) atoms. The molecule has 2 unspecified atom stereocenters. The predicted octanol–water partition coefficient (Wildman–Crippen LogP) is 9.56. The van der Waals surface area contributed by atoms with Gasteiger partial charge in [0.1, 0.15) is 0 Å². The van der Waals surface area contributed by atoms with Crippen LogP contribution in [0.5, 0.6) is 0 Å². The van der Waals surface area contributed by atoms with E-state index in [1.807, 2.05) is 0 Å². The Morgan fingerprint density at radius 2 is 0.881 bits per heavy atom. The second kappa shape index (κ2) is 21.3. The van der Waals surface area contributed by atoms with Crippen LogP contribution >= 0.6 is 0 Å². The van der Waals surface area contributed by atoms with Gasteiger partial charge in [0.05, 0.1) is 0 Å². The van der Waals surface area contributed by atoms with Crippen LogP contribution in [0.4, 0.5) is 0 Å². The Morgan fingerprint density at radius 3 is 1.25 bits per heavy atom. The first kappa shape index (κ1) is 44.9. The van der Waals surface area contributed by atoms with E-state index in [-0.39, 0.29) is 24.8 Å². The molecular formula is C54H58Cl2O2Zr. The van der Waals surface area contributed by atoms with Gasteiger partial charge in [0, 0.05) is 0 Å². The maximum Gasteiger partial charge on any atom is -1.00 e. The Bertz CT molecular complexity index is 2180. The molecule has 0 aliphatic heterocycles. The monoisotopic (exact) mass is 898 g/mol. The fraction of sp³-hybridized carbons (Fsp3) is 0.333. The van der Waals surface area contributed by atoms with E-state index >= 15 is 0 Å². The van der Waals surface area contributed by atoms with E-state index in [0.717, 1.165) is 48.7 Å². The smallest absolute Gasteiger partial charge is 1.00 e. The van der Waals surface area contributed by atoms with E-state index < -0.39 is 23.2 Å². The van der Waals surface area contributed by atoms with Gasteiger partial charge in [-0.3, -0.25) is 0 Å². The van der Waals surface area contributed by atoms with Gasteiger partial charge in [0.25, 0.3) is 0 Å². The standard InChI is InChI=1S/2C27H29O.2ClH.Zr/c2*1-3-5-6-7-9-20-12-14-21(15-13-20)25-11-8-10-22-18-23(19-26(22)25)27-17-16-24(4-2)28-27;;;/h2*8,10-19H,3-7,9H2,1-2H3;2*1H;/q;;;;+2/p-2. The summed E-state index contributed by atoms with van der Waals surface area (Å²) in [5.74, 6) is 4.15. The maximum absolute atomic E-state index is 6.61. The SMILES string of the molecule is CCCCCCc1ccc(-c2cccc3c2C=C(c2ccc(CC)o2)[CH]3[Zr+2][CH]2C(c3ccc(CC)o3)=Cc3c(-c4ccc(CCCCCC)cc4)cccc32)cc1.[Cl-].[Cl-]. The minimum atomic E-state index is -1.33. The molecule has 2 aromatic heterocycles. The minimum absolute atomic E-state index is 0. The quantitative estimate of drug-likeness (QED) is 0.0805. The molecule has 2 aliphatic carbocycles. The predicted molar refractivity (Wildman–Crippen MR) is 237 cm³/mol. The zero-order valence-electron chi connectivity index (χ0n) is 35.3. The van der Waals surface area contributed by atoms with Crippen molar-refractivity contribution in [3.05, 3.63) is 166 Å². The number of aryl methyl sites for hydroxylation is 4. The molecule has 0 N–H and O–H groups in total. The molecule has 6 aromatic rings. The van der Waals surface area contributed by atoms with Crippen LogP contribution in [0.15, 0.2) is 118 Å². The molecule has 5 heteroatoms. The molecule has 0 amide bonds. The minimum Gasteiger partial charge on any atom is -1.00 e. The normalized spacial score (nSPS) is 15.1. The molecular weight excluding hydrogens is 843 g/mol. The summed E-state index contributed by atoms with van der Waals surface area (Å²) in [6, 6.07) is 41.7. The van der Waals surface area contributed by atoms with Gasteiger partial charge in [0.15, 0.2) is 0 Å². The number of rotatable bonds is 18. The van der Waals surface area contributed by atoms with E-state index in [1.54, 1.807) is 0 Å². The van der Waals surface area contributed by atoms with Crippen molar-refractivity contribution in [2.24, 2.45) is 0 Å². The van der Waals surface area contributed by atoms with Crippen LogP contribution in [-0.2, 0) is 48.9 Å². The number of halogens is 2. The molecule has 2 atom stereocenters. The van der Waals surface area contributed by atoms with Crippen LogP contribution in [0, 0.1) is 0 Å². The van der Waals surface area contributed by atoms with Crippen molar-refractivity contribution in [1.82, 2.24) is 0 Å². The molecule has 0 saturated carbocycles. The van der Waals surface area contributed by atoms with Gasteiger partial charge in [-0.2, -0.15) is 0 Å². The molecule has 0 saturated heterocycles. The Labute approximate surface area is 377 Å². The van der Waals surface area contributed by atoms with Gasteiger partial charge in [-0.25, -0.2) is 0 Å². The van der Waals surface area contributed by atoms with Crippen molar-refractivity contribution >= 4 is 23.3 Å². The van der Waals surface area contributed by atoms with Crippen molar-refractivity contribution in [2.75, 3.05) is 0 Å². The van der Waals surface area contributed by atoms with Gasteiger partial charge in [-0.15, -0.1) is 0 Å². The Kier molecular flexibility index (Phi) is 16.2.